The molecule has 0 saturated carbocycles. The first-order valence-electron chi connectivity index (χ1n) is 10.7. The van der Waals surface area contributed by atoms with Gasteiger partial charge in [-0.05, 0) is 54.4 Å². The van der Waals surface area contributed by atoms with Gasteiger partial charge in [0.05, 0.1) is 6.10 Å². The zero-order valence-corrected chi connectivity index (χ0v) is 21.6. The normalized spacial score (nSPS) is 13.0. The Balaban J connectivity index is 1.95. The van der Waals surface area contributed by atoms with Crippen LogP contribution in [0.4, 0.5) is 19.0 Å². The minimum absolute atomic E-state index is 0.216. The predicted octanol–water partition coefficient (Wildman–Crippen LogP) is 7.06. The lowest BCUT2D eigenvalue weighted by molar-refractivity contribution is -0.141. The lowest BCUT2D eigenvalue weighted by Gasteiger charge is -2.24. The van der Waals surface area contributed by atoms with Crippen LogP contribution in [0.3, 0.4) is 0 Å². The van der Waals surface area contributed by atoms with Gasteiger partial charge < -0.3 is 10.5 Å². The lowest BCUT2D eigenvalue weighted by atomic mass is 9.91. The molecule has 11 heteroatoms. The number of nitrogens with two attached hydrogens (primary N) is 1. The number of hydrogen-bond donors (Lipinski definition) is 1. The van der Waals surface area contributed by atoms with Crippen molar-refractivity contribution in [1.29, 1.82) is 0 Å². The summed E-state index contributed by atoms with van der Waals surface area (Å²) < 4.78 is 47.9. The average Bonchev–Trinajstić information content (AvgIpc) is 3.13. The first-order chi connectivity index (χ1) is 16.4. The van der Waals surface area contributed by atoms with Gasteiger partial charge in [0.1, 0.15) is 27.4 Å². The van der Waals surface area contributed by atoms with Crippen molar-refractivity contribution >= 4 is 38.9 Å². The van der Waals surface area contributed by atoms with E-state index in [1.807, 2.05) is 25.2 Å². The van der Waals surface area contributed by atoms with Gasteiger partial charge in [0.2, 0.25) is 0 Å². The number of benzene rings is 1. The van der Waals surface area contributed by atoms with Crippen molar-refractivity contribution in [3.8, 4) is 16.9 Å². The minimum atomic E-state index is -4.54. The summed E-state index contributed by atoms with van der Waals surface area (Å²) in [6.45, 7) is 7.49. The first kappa shape index (κ1) is 25.2. The maximum absolute atomic E-state index is 13.1. The van der Waals surface area contributed by atoms with Gasteiger partial charge in [-0.15, -0.1) is 0 Å². The summed E-state index contributed by atoms with van der Waals surface area (Å²) in [5.41, 5.74) is 8.15. The van der Waals surface area contributed by atoms with Crippen LogP contribution in [0.2, 0.25) is 5.02 Å². The van der Waals surface area contributed by atoms with Crippen LogP contribution in [0.15, 0.2) is 41.4 Å². The summed E-state index contributed by atoms with van der Waals surface area (Å²) >= 11 is 10.1. The van der Waals surface area contributed by atoms with E-state index in [-0.39, 0.29) is 12.0 Å². The molecule has 6 nitrogen and oxygen atoms in total. The second kappa shape index (κ2) is 9.31. The van der Waals surface area contributed by atoms with Gasteiger partial charge in [-0.2, -0.15) is 13.2 Å². The van der Waals surface area contributed by atoms with Gasteiger partial charge in [-0.1, -0.05) is 24.6 Å². The Kier molecular flexibility index (Phi) is 6.72. The summed E-state index contributed by atoms with van der Waals surface area (Å²) in [6, 6.07) is 4.14. The number of hydrogen-bond acceptors (Lipinski definition) is 5. The smallest absolute Gasteiger partial charge is 0.433 e. The van der Waals surface area contributed by atoms with Crippen LogP contribution >= 0.6 is 27.5 Å². The van der Waals surface area contributed by atoms with Gasteiger partial charge >= 0.3 is 6.18 Å². The third-order valence-electron chi connectivity index (χ3n) is 5.62. The van der Waals surface area contributed by atoms with Crippen molar-refractivity contribution in [3.05, 3.63) is 69.1 Å². The SMILES string of the molecule is Cc1c(Cl)cc([C@@H](C)c2nc(Br)c3c(N)nccn23)c(OC(C)C)c1-c1ccc(C(F)(F)F)nc1. The number of nitrogen functional groups attached to an aromatic ring is 1. The Labute approximate surface area is 213 Å². The van der Waals surface area contributed by atoms with Gasteiger partial charge in [0.25, 0.3) is 0 Å². The van der Waals surface area contributed by atoms with Crippen molar-refractivity contribution in [1.82, 2.24) is 19.4 Å². The standard InChI is InChI=1S/C24H22BrClF3N5O/c1-11(2)35-20-15(12(3)23-33-21(25)19-22(30)31-7-8-34(19)23)9-16(26)13(4)18(20)14-5-6-17(32-10-14)24(27,28)29/h5-12H,1-4H3,(H2,30,31)/t12-/m1/s1. The van der Waals surface area contributed by atoms with Gasteiger partial charge in [-0.3, -0.25) is 9.38 Å². The summed E-state index contributed by atoms with van der Waals surface area (Å²) in [5, 5.41) is 0.443. The van der Waals surface area contributed by atoms with Crippen LogP contribution in [0.1, 0.15) is 49.3 Å². The number of rotatable bonds is 5. The van der Waals surface area contributed by atoms with Crippen molar-refractivity contribution in [3.63, 3.8) is 0 Å². The van der Waals surface area contributed by atoms with Crippen LogP contribution in [0, 0.1) is 6.92 Å². The van der Waals surface area contributed by atoms with Gasteiger partial charge in [0.15, 0.2) is 5.82 Å². The predicted molar refractivity (Wildman–Crippen MR) is 133 cm³/mol. The maximum atomic E-state index is 13.1. The molecule has 0 fully saturated rings. The maximum Gasteiger partial charge on any atom is 0.433 e. The molecule has 0 aliphatic heterocycles. The molecule has 4 rings (SSSR count). The lowest BCUT2D eigenvalue weighted by Crippen LogP contribution is -2.13. The number of alkyl halides is 3. The first-order valence-corrected chi connectivity index (χ1v) is 11.9. The van der Waals surface area contributed by atoms with Crippen molar-refractivity contribution in [2.24, 2.45) is 0 Å². The molecule has 4 aromatic rings. The molecule has 0 aliphatic carbocycles. The van der Waals surface area contributed by atoms with Gasteiger partial charge in [0, 0.05) is 46.2 Å². The zero-order chi connectivity index (χ0) is 25.7. The van der Waals surface area contributed by atoms with E-state index < -0.39 is 11.9 Å². The molecule has 0 unspecified atom stereocenters. The Morgan fingerprint density at radius 3 is 2.49 bits per heavy atom. The molecule has 0 bridgehead atoms. The second-order valence-corrected chi connectivity index (χ2v) is 9.55. The number of anilines is 1. The molecule has 184 valence electrons. The Morgan fingerprint density at radius 1 is 1.17 bits per heavy atom. The number of nitrogens with zero attached hydrogens (tertiary/aromatic N) is 4. The van der Waals surface area contributed by atoms with Gasteiger partial charge in [-0.25, -0.2) is 9.97 Å². The fourth-order valence-electron chi connectivity index (χ4n) is 3.97. The van der Waals surface area contributed by atoms with Crippen molar-refractivity contribution in [2.45, 2.75) is 45.9 Å². The number of imidazole rings is 1. The molecule has 1 aromatic carbocycles. The highest BCUT2D eigenvalue weighted by molar-refractivity contribution is 9.10. The number of ether oxygens (including phenoxy) is 1. The molecular formula is C24H22BrClF3N5O. The number of halogens is 5. The third kappa shape index (κ3) is 4.69. The van der Waals surface area contributed by atoms with Crippen LogP contribution in [-0.2, 0) is 6.18 Å². The summed E-state index contributed by atoms with van der Waals surface area (Å²) in [7, 11) is 0. The van der Waals surface area contributed by atoms with Crippen LogP contribution in [-0.4, -0.2) is 25.5 Å². The van der Waals surface area contributed by atoms with E-state index in [9.17, 15) is 13.2 Å². The molecule has 0 radical (unpaired) electrons. The average molecular weight is 569 g/mol. The largest absolute Gasteiger partial charge is 0.490 e. The molecule has 0 saturated heterocycles. The minimum Gasteiger partial charge on any atom is -0.490 e. The van der Waals surface area contributed by atoms with Crippen LogP contribution in [0.5, 0.6) is 5.75 Å². The van der Waals surface area contributed by atoms with Crippen molar-refractivity contribution < 1.29 is 17.9 Å². The fraction of sp³-hybridized carbons (Fsp3) is 0.292. The summed E-state index contributed by atoms with van der Waals surface area (Å²) in [5.74, 6) is 1.16. The van der Waals surface area contributed by atoms with E-state index in [1.165, 1.54) is 12.3 Å². The van der Waals surface area contributed by atoms with Crippen molar-refractivity contribution in [2.75, 3.05) is 5.73 Å². The fourth-order valence-corrected chi connectivity index (χ4v) is 4.76. The summed E-state index contributed by atoms with van der Waals surface area (Å²) in [4.78, 5) is 12.4. The molecule has 0 spiro atoms. The quantitative estimate of drug-likeness (QED) is 0.279. The topological polar surface area (TPSA) is 78.3 Å². The van der Waals surface area contributed by atoms with E-state index in [1.54, 1.807) is 25.4 Å². The second-order valence-electron chi connectivity index (χ2n) is 8.39. The third-order valence-corrected chi connectivity index (χ3v) is 6.57. The van der Waals surface area contributed by atoms with E-state index >= 15 is 0 Å². The number of fused-ring (bicyclic) bond motifs is 1. The summed E-state index contributed by atoms with van der Waals surface area (Å²) in [6.07, 6.45) is -0.220. The zero-order valence-electron chi connectivity index (χ0n) is 19.3. The van der Waals surface area contributed by atoms with E-state index in [4.69, 9.17) is 22.1 Å². The van der Waals surface area contributed by atoms with E-state index in [0.29, 0.717) is 49.2 Å². The molecule has 3 heterocycles. The Morgan fingerprint density at radius 2 is 1.89 bits per heavy atom. The molecule has 0 aliphatic rings. The van der Waals surface area contributed by atoms with Crippen LogP contribution in [0.25, 0.3) is 16.6 Å². The number of aromatic nitrogens is 4. The highest BCUT2D eigenvalue weighted by Gasteiger charge is 2.33. The number of pyridine rings is 1. The molecule has 0 amide bonds. The molecule has 2 N–H and O–H groups in total. The molecule has 3 aromatic heterocycles. The monoisotopic (exact) mass is 567 g/mol. The Hall–Kier alpha value is -2.85. The molecule has 35 heavy (non-hydrogen) atoms. The van der Waals surface area contributed by atoms with E-state index in [2.05, 4.69) is 30.9 Å². The highest BCUT2D eigenvalue weighted by atomic mass is 79.9. The Bertz CT molecular complexity index is 1400. The highest BCUT2D eigenvalue weighted by Crippen LogP contribution is 2.45. The van der Waals surface area contributed by atoms with Crippen LogP contribution < -0.4 is 10.5 Å². The van der Waals surface area contributed by atoms with E-state index in [0.717, 1.165) is 11.6 Å². The molecule has 1 atom stereocenters. The molecular weight excluding hydrogens is 547 g/mol.